The monoisotopic (exact) mass is 253 g/mol. The number of aliphatic hydroxyl groups excluding tert-OH is 3. The van der Waals surface area contributed by atoms with Crippen molar-refractivity contribution in [3.63, 3.8) is 0 Å². The van der Waals surface area contributed by atoms with Crippen LogP contribution in [0.3, 0.4) is 0 Å². The minimum Gasteiger partial charge on any atom is -0.394 e. The van der Waals surface area contributed by atoms with Gasteiger partial charge in [-0.05, 0) is 5.56 Å². The van der Waals surface area contributed by atoms with Gasteiger partial charge < -0.3 is 24.8 Å². The number of hydrogen-bond donors (Lipinski definition) is 3. The molecule has 3 N–H and O–H groups in total. The van der Waals surface area contributed by atoms with Crippen LogP contribution in [0.1, 0.15) is 5.56 Å². The first-order valence-electron chi connectivity index (χ1n) is 5.83. The second-order valence-electron chi connectivity index (χ2n) is 4.20. The van der Waals surface area contributed by atoms with Gasteiger partial charge in [-0.25, -0.2) is 0 Å². The van der Waals surface area contributed by atoms with E-state index in [1.165, 1.54) is 6.42 Å². The zero-order chi connectivity index (χ0) is 13.0. The van der Waals surface area contributed by atoms with Crippen LogP contribution in [-0.2, 0) is 16.1 Å². The summed E-state index contributed by atoms with van der Waals surface area (Å²) in [6.45, 7) is -0.0996. The fraction of sp³-hybridized carbons (Fsp3) is 0.462. The molecule has 1 unspecified atom stereocenters. The third-order valence-corrected chi connectivity index (χ3v) is 2.78. The van der Waals surface area contributed by atoms with Crippen LogP contribution >= 0.6 is 0 Å². The van der Waals surface area contributed by atoms with Crippen molar-refractivity contribution in [2.45, 2.75) is 31.2 Å². The molecule has 1 radical (unpaired) electrons. The fourth-order valence-electron chi connectivity index (χ4n) is 1.78. The number of hydrogen-bond acceptors (Lipinski definition) is 5. The van der Waals surface area contributed by atoms with Crippen molar-refractivity contribution in [3.8, 4) is 0 Å². The van der Waals surface area contributed by atoms with Gasteiger partial charge in [-0.15, -0.1) is 0 Å². The SMILES string of the molecule is OC[C@@H](O)[C@H]1[CH][C@@H](O)C(OCc2ccccc2)O1. The molecule has 5 nitrogen and oxygen atoms in total. The second-order valence-corrected chi connectivity index (χ2v) is 4.20. The molecule has 4 atom stereocenters. The average molecular weight is 253 g/mol. The van der Waals surface area contributed by atoms with Crippen LogP contribution in [-0.4, -0.2) is 46.5 Å². The molecular weight excluding hydrogens is 236 g/mol. The Balaban J connectivity index is 1.83. The summed E-state index contributed by atoms with van der Waals surface area (Å²) in [6, 6.07) is 9.52. The lowest BCUT2D eigenvalue weighted by molar-refractivity contribution is -0.185. The summed E-state index contributed by atoms with van der Waals surface area (Å²) in [5.74, 6) is 0. The molecule has 0 amide bonds. The van der Waals surface area contributed by atoms with E-state index in [0.717, 1.165) is 5.56 Å². The highest BCUT2D eigenvalue weighted by Crippen LogP contribution is 2.23. The van der Waals surface area contributed by atoms with Crippen LogP contribution < -0.4 is 0 Å². The van der Waals surface area contributed by atoms with Gasteiger partial charge in [-0.1, -0.05) is 30.3 Å². The molecule has 99 valence electrons. The topological polar surface area (TPSA) is 79.2 Å². The van der Waals surface area contributed by atoms with Crippen LogP contribution in [0.2, 0.25) is 0 Å². The van der Waals surface area contributed by atoms with Crippen molar-refractivity contribution < 1.29 is 24.8 Å². The van der Waals surface area contributed by atoms with E-state index in [4.69, 9.17) is 14.6 Å². The van der Waals surface area contributed by atoms with Gasteiger partial charge in [0.1, 0.15) is 12.2 Å². The molecule has 5 heteroatoms. The number of ether oxygens (including phenoxy) is 2. The Morgan fingerprint density at radius 1 is 1.28 bits per heavy atom. The largest absolute Gasteiger partial charge is 0.394 e. The molecule has 1 heterocycles. The summed E-state index contributed by atoms with van der Waals surface area (Å²) < 4.78 is 10.7. The highest BCUT2D eigenvalue weighted by Gasteiger charge is 2.38. The van der Waals surface area contributed by atoms with Crippen molar-refractivity contribution in [3.05, 3.63) is 42.3 Å². The summed E-state index contributed by atoms with van der Waals surface area (Å²) in [5, 5.41) is 27.9. The molecule has 1 saturated heterocycles. The van der Waals surface area contributed by atoms with Crippen molar-refractivity contribution in [2.24, 2.45) is 0 Å². The maximum absolute atomic E-state index is 9.68. The van der Waals surface area contributed by atoms with E-state index in [1.54, 1.807) is 0 Å². The standard InChI is InChI=1S/C13H17O5/c14-7-11(16)12-6-10(15)13(18-12)17-8-9-4-2-1-3-5-9/h1-6,10-16H,7-8H2/t10-,11-,12-,13?/m1/s1. The van der Waals surface area contributed by atoms with Crippen LogP contribution in [0.25, 0.3) is 0 Å². The second kappa shape index (κ2) is 6.26. The lowest BCUT2D eigenvalue weighted by Crippen LogP contribution is -2.30. The molecule has 2 rings (SSSR count). The first-order valence-corrected chi connectivity index (χ1v) is 5.83. The van der Waals surface area contributed by atoms with Crippen molar-refractivity contribution in [1.29, 1.82) is 0 Å². The predicted octanol–water partition coefficient (Wildman–Crippen LogP) is -0.154. The van der Waals surface area contributed by atoms with E-state index in [-0.39, 0.29) is 0 Å². The number of aliphatic hydroxyl groups is 3. The third-order valence-electron chi connectivity index (χ3n) is 2.78. The summed E-state index contributed by atoms with van der Waals surface area (Å²) in [4.78, 5) is 0. The van der Waals surface area contributed by atoms with Crippen LogP contribution in [0.15, 0.2) is 30.3 Å². The minimum atomic E-state index is -1.04. The average Bonchev–Trinajstić information content (AvgIpc) is 2.78. The Bertz CT molecular complexity index is 356. The van der Waals surface area contributed by atoms with E-state index in [1.807, 2.05) is 30.3 Å². The van der Waals surface area contributed by atoms with Gasteiger partial charge in [0.25, 0.3) is 0 Å². The Morgan fingerprint density at radius 3 is 2.67 bits per heavy atom. The maximum atomic E-state index is 9.68. The zero-order valence-electron chi connectivity index (χ0n) is 9.85. The van der Waals surface area contributed by atoms with Gasteiger partial charge in [-0.3, -0.25) is 0 Å². The molecule has 0 spiro atoms. The summed E-state index contributed by atoms with van der Waals surface area (Å²) in [5.41, 5.74) is 0.972. The molecule has 1 aliphatic heterocycles. The molecule has 1 fully saturated rings. The van der Waals surface area contributed by atoms with E-state index in [0.29, 0.717) is 6.61 Å². The number of benzene rings is 1. The van der Waals surface area contributed by atoms with Gasteiger partial charge in [0.15, 0.2) is 6.29 Å². The predicted molar refractivity (Wildman–Crippen MR) is 63.3 cm³/mol. The quantitative estimate of drug-likeness (QED) is 0.680. The molecule has 1 aliphatic rings. The van der Waals surface area contributed by atoms with E-state index < -0.39 is 31.2 Å². The van der Waals surface area contributed by atoms with Gasteiger partial charge >= 0.3 is 0 Å². The summed E-state index contributed by atoms with van der Waals surface area (Å²) >= 11 is 0. The normalized spacial score (nSPS) is 29.4. The van der Waals surface area contributed by atoms with Gasteiger partial charge in [-0.2, -0.15) is 0 Å². The van der Waals surface area contributed by atoms with Crippen molar-refractivity contribution >= 4 is 0 Å². The highest BCUT2D eigenvalue weighted by molar-refractivity contribution is 5.13. The lowest BCUT2D eigenvalue weighted by atomic mass is 10.1. The summed E-state index contributed by atoms with van der Waals surface area (Å²) in [7, 11) is 0. The zero-order valence-corrected chi connectivity index (χ0v) is 9.85. The van der Waals surface area contributed by atoms with Crippen molar-refractivity contribution in [2.75, 3.05) is 6.61 Å². The van der Waals surface area contributed by atoms with Crippen molar-refractivity contribution in [1.82, 2.24) is 0 Å². The highest BCUT2D eigenvalue weighted by atomic mass is 16.7. The van der Waals surface area contributed by atoms with Gasteiger partial charge in [0.05, 0.1) is 19.3 Å². The molecule has 0 saturated carbocycles. The third kappa shape index (κ3) is 3.28. The van der Waals surface area contributed by atoms with Crippen LogP contribution in [0.5, 0.6) is 0 Å². The molecule has 1 aromatic rings. The smallest absolute Gasteiger partial charge is 0.184 e. The van der Waals surface area contributed by atoms with Gasteiger partial charge in [0, 0.05) is 6.42 Å². The Labute approximate surface area is 106 Å². The lowest BCUT2D eigenvalue weighted by Gasteiger charge is -2.17. The fourth-order valence-corrected chi connectivity index (χ4v) is 1.78. The molecule has 0 bridgehead atoms. The Kier molecular flexibility index (Phi) is 4.68. The molecular formula is C13H17O5. The Morgan fingerprint density at radius 2 is 2.00 bits per heavy atom. The van der Waals surface area contributed by atoms with E-state index in [9.17, 15) is 10.2 Å². The van der Waals surface area contributed by atoms with E-state index in [2.05, 4.69) is 0 Å². The molecule has 0 aromatic heterocycles. The number of rotatable bonds is 5. The molecule has 18 heavy (non-hydrogen) atoms. The first kappa shape index (κ1) is 13.5. The first-order chi connectivity index (χ1) is 8.70. The summed E-state index contributed by atoms with van der Waals surface area (Å²) in [6.07, 6.45) is -2.02. The van der Waals surface area contributed by atoms with Gasteiger partial charge in [0.2, 0.25) is 0 Å². The van der Waals surface area contributed by atoms with Crippen LogP contribution in [0, 0.1) is 6.42 Å². The minimum absolute atomic E-state index is 0.318. The van der Waals surface area contributed by atoms with E-state index >= 15 is 0 Å². The molecule has 0 aliphatic carbocycles. The van der Waals surface area contributed by atoms with Crippen LogP contribution in [0.4, 0.5) is 0 Å². The molecule has 1 aromatic carbocycles. The Hall–Kier alpha value is -0.980. The maximum Gasteiger partial charge on any atom is 0.184 e.